The average Bonchev–Trinajstić information content (AvgIpc) is 2.91. The number of nitro groups is 1. The summed E-state index contributed by atoms with van der Waals surface area (Å²) in [6.07, 6.45) is 5.01. The summed E-state index contributed by atoms with van der Waals surface area (Å²) in [7, 11) is 0. The molecule has 0 aliphatic heterocycles. The van der Waals surface area contributed by atoms with Gasteiger partial charge in [-0.2, -0.15) is 0 Å². The van der Waals surface area contributed by atoms with Crippen LogP contribution < -0.4 is 5.32 Å². The molecule has 0 aliphatic carbocycles. The Morgan fingerprint density at radius 2 is 2.30 bits per heavy atom. The highest BCUT2D eigenvalue weighted by molar-refractivity contribution is 6.31. The average molecular weight is 295 g/mol. The number of hydrogen-bond acceptors (Lipinski definition) is 4. The van der Waals surface area contributed by atoms with Gasteiger partial charge >= 0.3 is 0 Å². The number of nitro benzene ring substituents is 1. The number of imidazole rings is 1. The number of rotatable bonds is 5. The molecule has 0 spiro atoms. The van der Waals surface area contributed by atoms with Crippen LogP contribution in [0.25, 0.3) is 0 Å². The van der Waals surface area contributed by atoms with Crippen molar-refractivity contribution < 1.29 is 9.72 Å². The standard InChI is InChI=1S/C12H11ClN4O3/c13-9-1-2-11(17(19)20)10(7-9)12(18)15-4-6-16-5-3-14-8-16/h1-3,5,7-8H,4,6H2,(H,15,18). The van der Waals surface area contributed by atoms with E-state index in [0.29, 0.717) is 13.1 Å². The summed E-state index contributed by atoms with van der Waals surface area (Å²) >= 11 is 5.77. The van der Waals surface area contributed by atoms with E-state index in [9.17, 15) is 14.9 Å². The fourth-order valence-electron chi connectivity index (χ4n) is 1.66. The zero-order chi connectivity index (χ0) is 14.5. The molecule has 0 unspecified atom stereocenters. The van der Waals surface area contributed by atoms with Crippen LogP contribution in [0.4, 0.5) is 5.69 Å². The Labute approximate surface area is 119 Å². The maximum atomic E-state index is 12.0. The Hall–Kier alpha value is -2.41. The first kappa shape index (κ1) is 14.0. The van der Waals surface area contributed by atoms with Crippen molar-refractivity contribution in [3.05, 3.63) is 57.6 Å². The lowest BCUT2D eigenvalue weighted by Crippen LogP contribution is -2.27. The molecule has 0 radical (unpaired) electrons. The number of hydrogen-bond donors (Lipinski definition) is 1. The Kier molecular flexibility index (Phi) is 4.31. The second-order valence-electron chi connectivity index (χ2n) is 3.97. The molecule has 20 heavy (non-hydrogen) atoms. The van der Waals surface area contributed by atoms with Gasteiger partial charge < -0.3 is 9.88 Å². The van der Waals surface area contributed by atoms with Gasteiger partial charge in [0.2, 0.25) is 0 Å². The highest BCUT2D eigenvalue weighted by Gasteiger charge is 2.19. The van der Waals surface area contributed by atoms with E-state index in [2.05, 4.69) is 10.3 Å². The zero-order valence-electron chi connectivity index (χ0n) is 10.3. The summed E-state index contributed by atoms with van der Waals surface area (Å²) < 4.78 is 1.78. The number of benzene rings is 1. The van der Waals surface area contributed by atoms with E-state index >= 15 is 0 Å². The van der Waals surface area contributed by atoms with Crippen LogP contribution in [0, 0.1) is 10.1 Å². The van der Waals surface area contributed by atoms with Crippen LogP contribution in [0.2, 0.25) is 5.02 Å². The molecule has 1 amide bonds. The fourth-order valence-corrected chi connectivity index (χ4v) is 1.83. The Bertz CT molecular complexity index is 628. The minimum Gasteiger partial charge on any atom is -0.350 e. The van der Waals surface area contributed by atoms with Gasteiger partial charge in [-0.1, -0.05) is 11.6 Å². The van der Waals surface area contributed by atoms with Crippen LogP contribution in [0.5, 0.6) is 0 Å². The van der Waals surface area contributed by atoms with Crippen molar-refractivity contribution in [2.24, 2.45) is 0 Å². The molecule has 1 aromatic carbocycles. The molecule has 1 heterocycles. The molecule has 1 N–H and O–H groups in total. The molecular formula is C12H11ClN4O3. The van der Waals surface area contributed by atoms with Crippen LogP contribution in [-0.2, 0) is 6.54 Å². The second-order valence-corrected chi connectivity index (χ2v) is 4.41. The summed E-state index contributed by atoms with van der Waals surface area (Å²) in [6, 6.07) is 3.88. The minimum atomic E-state index is -0.610. The van der Waals surface area contributed by atoms with Crippen molar-refractivity contribution in [2.45, 2.75) is 6.54 Å². The molecule has 0 bridgehead atoms. The maximum Gasteiger partial charge on any atom is 0.282 e. The smallest absolute Gasteiger partial charge is 0.282 e. The van der Waals surface area contributed by atoms with Gasteiger partial charge in [-0.15, -0.1) is 0 Å². The van der Waals surface area contributed by atoms with Crippen molar-refractivity contribution in [1.29, 1.82) is 0 Å². The highest BCUT2D eigenvalue weighted by Crippen LogP contribution is 2.22. The van der Waals surface area contributed by atoms with E-state index in [1.54, 1.807) is 23.3 Å². The van der Waals surface area contributed by atoms with E-state index in [4.69, 9.17) is 11.6 Å². The predicted molar refractivity (Wildman–Crippen MR) is 72.7 cm³/mol. The Balaban J connectivity index is 2.05. The van der Waals surface area contributed by atoms with Gasteiger partial charge in [-0.25, -0.2) is 4.98 Å². The number of nitrogens with zero attached hydrogens (tertiary/aromatic N) is 3. The number of amides is 1. The van der Waals surface area contributed by atoms with Crippen LogP contribution in [-0.4, -0.2) is 26.9 Å². The fraction of sp³-hybridized carbons (Fsp3) is 0.167. The van der Waals surface area contributed by atoms with Gasteiger partial charge in [0.05, 0.1) is 11.3 Å². The van der Waals surface area contributed by atoms with Gasteiger partial charge in [0.1, 0.15) is 5.56 Å². The van der Waals surface area contributed by atoms with E-state index < -0.39 is 10.8 Å². The predicted octanol–water partition coefficient (Wildman–Crippen LogP) is 1.87. The normalized spacial score (nSPS) is 10.2. The lowest BCUT2D eigenvalue weighted by molar-refractivity contribution is -0.385. The largest absolute Gasteiger partial charge is 0.350 e. The third kappa shape index (κ3) is 3.33. The van der Waals surface area contributed by atoms with E-state index in [0.717, 1.165) is 0 Å². The van der Waals surface area contributed by atoms with Gasteiger partial charge in [-0.05, 0) is 12.1 Å². The van der Waals surface area contributed by atoms with Crippen LogP contribution in [0.3, 0.4) is 0 Å². The lowest BCUT2D eigenvalue weighted by atomic mass is 10.1. The summed E-state index contributed by atoms with van der Waals surface area (Å²) in [5.41, 5.74) is -0.317. The van der Waals surface area contributed by atoms with Crippen LogP contribution >= 0.6 is 11.6 Å². The number of carbonyl (C=O) groups is 1. The monoisotopic (exact) mass is 294 g/mol. The number of halogens is 1. The molecular weight excluding hydrogens is 284 g/mol. The summed E-state index contributed by atoms with van der Waals surface area (Å²) in [5, 5.41) is 13.8. The SMILES string of the molecule is O=C(NCCn1ccnc1)c1cc(Cl)ccc1[N+](=O)[O-]. The van der Waals surface area contributed by atoms with E-state index in [-0.39, 0.29) is 16.3 Å². The second kappa shape index (κ2) is 6.16. The molecule has 104 valence electrons. The van der Waals surface area contributed by atoms with Crippen molar-refractivity contribution >= 4 is 23.2 Å². The molecule has 0 saturated heterocycles. The van der Waals surface area contributed by atoms with Gasteiger partial charge in [0.25, 0.3) is 11.6 Å². The quantitative estimate of drug-likeness (QED) is 0.673. The van der Waals surface area contributed by atoms with Gasteiger partial charge in [0.15, 0.2) is 0 Å². The number of aromatic nitrogens is 2. The molecule has 0 aliphatic rings. The zero-order valence-corrected chi connectivity index (χ0v) is 11.1. The lowest BCUT2D eigenvalue weighted by Gasteiger charge is -2.06. The van der Waals surface area contributed by atoms with E-state index in [1.807, 2.05) is 0 Å². The summed E-state index contributed by atoms with van der Waals surface area (Å²) in [6.45, 7) is 0.860. The number of nitrogens with one attached hydrogen (secondary N) is 1. The Morgan fingerprint density at radius 3 is 2.95 bits per heavy atom. The van der Waals surface area contributed by atoms with E-state index in [1.165, 1.54) is 18.2 Å². The molecule has 2 aromatic rings. The van der Waals surface area contributed by atoms with Crippen LogP contribution in [0.15, 0.2) is 36.9 Å². The summed E-state index contributed by atoms with van der Waals surface area (Å²) in [5.74, 6) is -0.528. The van der Waals surface area contributed by atoms with Gasteiger partial charge in [-0.3, -0.25) is 14.9 Å². The van der Waals surface area contributed by atoms with Gasteiger partial charge in [0, 0.05) is 36.6 Å². The molecule has 8 heteroatoms. The third-order valence-corrected chi connectivity index (χ3v) is 2.85. The highest BCUT2D eigenvalue weighted by atomic mass is 35.5. The molecule has 7 nitrogen and oxygen atoms in total. The first-order valence-corrected chi connectivity index (χ1v) is 6.13. The Morgan fingerprint density at radius 1 is 1.50 bits per heavy atom. The first-order chi connectivity index (χ1) is 9.58. The van der Waals surface area contributed by atoms with Crippen LogP contribution in [0.1, 0.15) is 10.4 Å². The number of carbonyl (C=O) groups excluding carboxylic acids is 1. The minimum absolute atomic E-state index is 0.0480. The first-order valence-electron chi connectivity index (χ1n) is 5.76. The third-order valence-electron chi connectivity index (χ3n) is 2.61. The molecule has 2 rings (SSSR count). The maximum absolute atomic E-state index is 12.0. The molecule has 0 saturated carbocycles. The topological polar surface area (TPSA) is 90.1 Å². The van der Waals surface area contributed by atoms with Crippen molar-refractivity contribution in [3.8, 4) is 0 Å². The van der Waals surface area contributed by atoms with Crippen molar-refractivity contribution in [1.82, 2.24) is 14.9 Å². The van der Waals surface area contributed by atoms with Crippen molar-refractivity contribution in [3.63, 3.8) is 0 Å². The van der Waals surface area contributed by atoms with Crippen molar-refractivity contribution in [2.75, 3.05) is 6.54 Å². The molecule has 0 atom stereocenters. The molecule has 0 fully saturated rings. The molecule has 1 aromatic heterocycles. The summed E-state index contributed by atoms with van der Waals surface area (Å²) in [4.78, 5) is 26.1.